The predicted octanol–water partition coefficient (Wildman–Crippen LogP) is 7.37. The van der Waals surface area contributed by atoms with Gasteiger partial charge in [0.05, 0.1) is 43.5 Å². The molecular formula is C45H47N4O5S+. The molecule has 282 valence electrons. The third-order valence-corrected chi connectivity index (χ3v) is 11.0. The summed E-state index contributed by atoms with van der Waals surface area (Å²) in [4.78, 5) is 32.9. The number of para-hydroxylation sites is 1. The second-order valence-corrected chi connectivity index (χ2v) is 14.6. The minimum absolute atomic E-state index is 0.0249. The maximum Gasteiger partial charge on any atom is 0.321 e. The number of carbonyl (C=O) groups is 2. The summed E-state index contributed by atoms with van der Waals surface area (Å²) in [5.41, 5.74) is 8.83. The molecular weight excluding hydrogens is 709 g/mol. The molecule has 55 heavy (non-hydrogen) atoms. The van der Waals surface area contributed by atoms with E-state index in [2.05, 4.69) is 95.2 Å². The fourth-order valence-corrected chi connectivity index (χ4v) is 8.23. The quantitative estimate of drug-likeness (QED) is 0.0390. The molecule has 1 N–H and O–H groups in total. The van der Waals surface area contributed by atoms with Crippen LogP contribution in [0.4, 0.5) is 11.4 Å². The van der Waals surface area contributed by atoms with E-state index in [0.717, 1.165) is 55.6 Å². The molecule has 0 fully saturated rings. The van der Waals surface area contributed by atoms with E-state index >= 15 is 0 Å². The highest BCUT2D eigenvalue weighted by atomic mass is 32.2. The lowest BCUT2D eigenvalue weighted by Crippen LogP contribution is -2.38. The van der Waals surface area contributed by atoms with Crippen LogP contribution in [0.3, 0.4) is 0 Å². The topological polar surface area (TPSA) is 88.1 Å². The molecule has 0 saturated carbocycles. The van der Waals surface area contributed by atoms with Crippen molar-refractivity contribution in [3.63, 3.8) is 0 Å². The van der Waals surface area contributed by atoms with Crippen molar-refractivity contribution in [2.75, 3.05) is 48.5 Å². The maximum absolute atomic E-state index is 14.6. The molecule has 0 saturated heterocycles. The van der Waals surface area contributed by atoms with Gasteiger partial charge in [-0.3, -0.25) is 9.59 Å². The Morgan fingerprint density at radius 2 is 1.56 bits per heavy atom. The van der Waals surface area contributed by atoms with Crippen LogP contribution >= 0.6 is 11.8 Å². The Hall–Kier alpha value is -5.42. The summed E-state index contributed by atoms with van der Waals surface area (Å²) in [6.45, 7) is 11.5. The molecule has 7 rings (SSSR count). The van der Waals surface area contributed by atoms with E-state index in [0.29, 0.717) is 49.7 Å². The molecule has 1 aliphatic carbocycles. The fraction of sp³-hybridized carbons (Fsp3) is 0.267. The van der Waals surface area contributed by atoms with Crippen LogP contribution in [0.25, 0.3) is 17.1 Å². The van der Waals surface area contributed by atoms with Gasteiger partial charge < -0.3 is 24.4 Å². The van der Waals surface area contributed by atoms with E-state index in [-0.39, 0.29) is 24.7 Å². The number of aryl methyl sites for hydroxylation is 3. The van der Waals surface area contributed by atoms with E-state index in [4.69, 9.17) is 9.47 Å². The lowest BCUT2D eigenvalue weighted by molar-refractivity contribution is -0.665. The van der Waals surface area contributed by atoms with Crippen molar-refractivity contribution in [2.24, 2.45) is 0 Å². The maximum atomic E-state index is 14.6. The van der Waals surface area contributed by atoms with Crippen LogP contribution in [0.5, 0.6) is 5.75 Å². The van der Waals surface area contributed by atoms with Crippen LogP contribution in [0.1, 0.15) is 36.4 Å². The highest BCUT2D eigenvalue weighted by Crippen LogP contribution is 2.46. The first kappa shape index (κ1) is 37.9. The Labute approximate surface area is 326 Å². The lowest BCUT2D eigenvalue weighted by atomic mass is 9.89. The first-order valence-electron chi connectivity index (χ1n) is 18.8. The SMILES string of the molecule is CCN1/C(=C/C2=C(SCC(=O)Oc3ccccc3)C(=C\c3n(CC)c4cc(C)ccc4[n+]3Cc3ccccc3)/C2=O)N(CCOCCO)c2ccc(C)cc21. The number of aliphatic hydroxyl groups excluding tert-OH is 1. The van der Waals surface area contributed by atoms with Gasteiger partial charge in [-0.2, -0.15) is 0 Å². The van der Waals surface area contributed by atoms with E-state index in [9.17, 15) is 14.7 Å². The van der Waals surface area contributed by atoms with Crippen molar-refractivity contribution in [1.82, 2.24) is 4.57 Å². The second kappa shape index (κ2) is 16.9. The molecule has 1 aromatic heterocycles. The minimum atomic E-state index is -0.395. The van der Waals surface area contributed by atoms with E-state index in [1.54, 1.807) is 12.1 Å². The molecule has 10 heteroatoms. The van der Waals surface area contributed by atoms with Crippen LogP contribution in [0.15, 0.2) is 125 Å². The fourth-order valence-electron chi connectivity index (χ4n) is 7.30. The Kier molecular flexibility index (Phi) is 11.7. The summed E-state index contributed by atoms with van der Waals surface area (Å²) in [6.07, 6.45) is 3.97. The molecule has 5 aromatic rings. The number of ketones is 1. The molecule has 0 unspecified atom stereocenters. The number of aromatic nitrogens is 2. The molecule has 2 aliphatic rings. The van der Waals surface area contributed by atoms with Gasteiger partial charge in [-0.05, 0) is 86.9 Å². The number of rotatable bonds is 15. The molecule has 0 amide bonds. The van der Waals surface area contributed by atoms with E-state index < -0.39 is 5.97 Å². The number of benzene rings is 4. The minimum Gasteiger partial charge on any atom is -0.426 e. The zero-order chi connectivity index (χ0) is 38.5. The Bertz CT molecular complexity index is 2310. The number of aliphatic hydroxyl groups is 1. The number of allylic oxidation sites excluding steroid dienone is 3. The van der Waals surface area contributed by atoms with Crippen molar-refractivity contribution in [1.29, 1.82) is 0 Å². The number of carbonyl (C=O) groups excluding carboxylic acids is 2. The third kappa shape index (κ3) is 7.89. The average molecular weight is 756 g/mol. The average Bonchev–Trinajstić information content (AvgIpc) is 3.64. The molecule has 0 radical (unpaired) electrons. The van der Waals surface area contributed by atoms with Crippen molar-refractivity contribution in [3.8, 4) is 5.75 Å². The van der Waals surface area contributed by atoms with Crippen LogP contribution in [0, 0.1) is 13.8 Å². The van der Waals surface area contributed by atoms with Crippen LogP contribution in [-0.4, -0.2) is 60.1 Å². The van der Waals surface area contributed by atoms with Gasteiger partial charge in [-0.1, -0.05) is 60.7 Å². The molecule has 0 spiro atoms. The predicted molar refractivity (Wildman–Crippen MR) is 220 cm³/mol. The van der Waals surface area contributed by atoms with E-state index in [1.807, 2.05) is 48.6 Å². The number of Topliss-reactive ketones (excluding diaryl/α,β-unsaturated/α-hetero) is 1. The van der Waals surface area contributed by atoms with Gasteiger partial charge in [0, 0.05) is 35.2 Å². The standard InChI is InChI=1S/C45H47N4O5S/c1-5-46-39-25-31(3)17-19-37(39)48(21-23-53-24-22-50)41(46)27-35-44(52)36(45(35)55-30-43(51)54-34-15-11-8-12-16-34)28-42-47(6-2)40-26-32(4)18-20-38(40)49(42)29-33-13-9-7-10-14-33/h7-20,25-28,50H,5-6,21-24,29-30H2,1-4H3/q+1. The second-order valence-electron chi connectivity index (χ2n) is 13.6. The van der Waals surface area contributed by atoms with Gasteiger partial charge in [0.1, 0.15) is 18.1 Å². The third-order valence-electron chi connectivity index (χ3n) is 9.88. The van der Waals surface area contributed by atoms with Crippen molar-refractivity contribution >= 4 is 52.0 Å². The number of hydrogen-bond acceptors (Lipinski definition) is 8. The van der Waals surface area contributed by atoms with Crippen molar-refractivity contribution in [3.05, 3.63) is 148 Å². The largest absolute Gasteiger partial charge is 0.426 e. The number of hydrogen-bond donors (Lipinski definition) is 1. The highest BCUT2D eigenvalue weighted by molar-refractivity contribution is 8.04. The van der Waals surface area contributed by atoms with Gasteiger partial charge in [-0.25, -0.2) is 9.13 Å². The summed E-state index contributed by atoms with van der Waals surface area (Å²) in [6, 6.07) is 32.2. The number of fused-ring (bicyclic) bond motifs is 2. The monoisotopic (exact) mass is 755 g/mol. The zero-order valence-electron chi connectivity index (χ0n) is 31.8. The Balaban J connectivity index is 1.34. The summed E-state index contributed by atoms with van der Waals surface area (Å²) in [5.74, 6) is 1.80. The molecule has 9 nitrogen and oxygen atoms in total. The Morgan fingerprint density at radius 1 is 0.836 bits per heavy atom. The summed E-state index contributed by atoms with van der Waals surface area (Å²) in [7, 11) is 0. The normalized spacial score (nSPS) is 15.4. The smallest absolute Gasteiger partial charge is 0.321 e. The first-order chi connectivity index (χ1) is 26.8. The number of imidazole rings is 1. The number of anilines is 2. The molecule has 1 aliphatic heterocycles. The molecule has 4 aromatic carbocycles. The molecule has 2 heterocycles. The van der Waals surface area contributed by atoms with Crippen LogP contribution in [0.2, 0.25) is 0 Å². The van der Waals surface area contributed by atoms with Gasteiger partial charge in [-0.15, -0.1) is 11.8 Å². The molecule has 0 atom stereocenters. The number of nitrogens with zero attached hydrogens (tertiary/aromatic N) is 4. The summed E-state index contributed by atoms with van der Waals surface area (Å²) in [5, 5.41) is 9.33. The molecule has 0 bridgehead atoms. The lowest BCUT2D eigenvalue weighted by Gasteiger charge is -2.28. The number of ether oxygens (including phenoxy) is 2. The van der Waals surface area contributed by atoms with Crippen LogP contribution < -0.4 is 19.1 Å². The van der Waals surface area contributed by atoms with Gasteiger partial charge in [0.15, 0.2) is 16.8 Å². The van der Waals surface area contributed by atoms with E-state index in [1.165, 1.54) is 11.8 Å². The summed E-state index contributed by atoms with van der Waals surface area (Å²) < 4.78 is 15.9. The van der Waals surface area contributed by atoms with Gasteiger partial charge >= 0.3 is 5.97 Å². The Morgan fingerprint density at radius 3 is 2.29 bits per heavy atom. The van der Waals surface area contributed by atoms with Crippen molar-refractivity contribution in [2.45, 2.75) is 40.8 Å². The number of thioether (sulfide) groups is 1. The highest BCUT2D eigenvalue weighted by Gasteiger charge is 2.38. The van der Waals surface area contributed by atoms with Gasteiger partial charge in [0.25, 0.3) is 5.82 Å². The van der Waals surface area contributed by atoms with Crippen LogP contribution in [-0.2, 0) is 27.4 Å². The van der Waals surface area contributed by atoms with Gasteiger partial charge in [0.2, 0.25) is 0 Å². The first-order valence-corrected chi connectivity index (χ1v) is 19.8. The van der Waals surface area contributed by atoms with Crippen molar-refractivity contribution < 1.29 is 28.7 Å². The summed E-state index contributed by atoms with van der Waals surface area (Å²) >= 11 is 1.33. The number of esters is 1. The zero-order valence-corrected chi connectivity index (χ0v) is 32.6.